The first-order chi connectivity index (χ1) is 29.4. The molecule has 3 aliphatic rings. The van der Waals surface area contributed by atoms with Gasteiger partial charge >= 0.3 is 47.8 Å². The Labute approximate surface area is 359 Å². The average molecular weight is 879 g/mol. The molecule has 20 heteroatoms. The third-order valence-electron chi connectivity index (χ3n) is 12.4. The number of hydrogen-bond acceptors (Lipinski definition) is 10. The van der Waals surface area contributed by atoms with Crippen molar-refractivity contribution in [3.63, 3.8) is 0 Å². The van der Waals surface area contributed by atoms with E-state index >= 15 is 0 Å². The summed E-state index contributed by atoms with van der Waals surface area (Å²) in [6, 6.07) is 0. The van der Waals surface area contributed by atoms with Crippen molar-refractivity contribution >= 4 is 65.1 Å². The molecule has 4 unspecified atom stereocenters. The number of carbonyl (C=O) groups is 8. The molecule has 4 atom stereocenters. The summed E-state index contributed by atoms with van der Waals surface area (Å²) in [6.45, 7) is 4.74. The Hall–Kier alpha value is -6.99. The van der Waals surface area contributed by atoms with Gasteiger partial charge in [-0.15, -0.1) is 0 Å². The second-order valence-electron chi connectivity index (χ2n) is 16.8. The Morgan fingerprint density at radius 3 is 1.62 bits per heavy atom. The summed E-state index contributed by atoms with van der Waals surface area (Å²) in [6.07, 6.45) is -2.00. The van der Waals surface area contributed by atoms with E-state index in [1.807, 2.05) is 0 Å². The highest BCUT2D eigenvalue weighted by Crippen LogP contribution is 2.54. The van der Waals surface area contributed by atoms with Crippen LogP contribution < -0.4 is 5.32 Å². The number of allylic oxidation sites excluding steroid dienone is 5. The number of nitrogens with zero attached hydrogens (tertiary/aromatic N) is 1. The third-order valence-corrected chi connectivity index (χ3v) is 12.4. The molecule has 63 heavy (non-hydrogen) atoms. The molecule has 0 saturated carbocycles. The highest BCUT2D eigenvalue weighted by atomic mass is 16.4. The fourth-order valence-corrected chi connectivity index (χ4v) is 9.66. The molecule has 5 heterocycles. The summed E-state index contributed by atoms with van der Waals surface area (Å²) in [5.74, 6) is -11.8. The van der Waals surface area contributed by atoms with Crippen molar-refractivity contribution < 1.29 is 79.2 Å². The Morgan fingerprint density at radius 2 is 1.10 bits per heavy atom. The molecule has 0 aromatic carbocycles. The van der Waals surface area contributed by atoms with Gasteiger partial charge < -0.3 is 56.1 Å². The van der Waals surface area contributed by atoms with Crippen LogP contribution in [0.2, 0.25) is 0 Å². The molecule has 0 spiro atoms. The second kappa shape index (κ2) is 18.5. The smallest absolute Gasteiger partial charge is 0.307 e. The summed E-state index contributed by atoms with van der Waals surface area (Å²) < 4.78 is 0. The van der Waals surface area contributed by atoms with Gasteiger partial charge in [-0.3, -0.25) is 43.3 Å². The normalized spacial score (nSPS) is 21.5. The predicted molar refractivity (Wildman–Crippen MR) is 220 cm³/mol. The molecule has 1 saturated heterocycles. The maximum atomic E-state index is 12.7. The van der Waals surface area contributed by atoms with Crippen LogP contribution in [-0.2, 0) is 70.5 Å². The summed E-state index contributed by atoms with van der Waals surface area (Å²) in [5.41, 5.74) is -0.129. The van der Waals surface area contributed by atoms with E-state index in [0.717, 1.165) is 0 Å². The van der Waals surface area contributed by atoms with Crippen LogP contribution in [0.15, 0.2) is 28.2 Å². The van der Waals surface area contributed by atoms with Crippen molar-refractivity contribution in [2.45, 2.75) is 104 Å². The van der Waals surface area contributed by atoms with Crippen LogP contribution in [-0.4, -0.2) is 104 Å². The summed E-state index contributed by atoms with van der Waals surface area (Å²) >= 11 is 0. The van der Waals surface area contributed by atoms with Crippen LogP contribution in [0.1, 0.15) is 117 Å². The molecule has 338 valence electrons. The summed E-state index contributed by atoms with van der Waals surface area (Å²) in [5, 5.41) is 83.5. The standard InChI is InChI=1S/C43H50N4O16/c1-19-40-23(13-37(58)59)21(5-9-33(50)51)27(46-40)14-26-20(4-8-32(48)49)22(12-36(56)57)28(44-26)15-29-24(6-10-34(52)53)42(2,17-38(60)61)31(45-29)16-30-25(7-11-35(54)55)43(3,18-39(62)63)41(19)47-30/h15-16,24-25,44-46H,4-14,17-18H2,1-3H3,(H,48,49)(H,50,51)(H,52,53)(H,54,55)(H,56,57)(H,58,59)(H,60,61)(H,62,63). The zero-order valence-corrected chi connectivity index (χ0v) is 34.8. The third kappa shape index (κ3) is 10.2. The quantitative estimate of drug-likeness (QED) is 0.0888. The first-order valence-electron chi connectivity index (χ1n) is 20.2. The van der Waals surface area contributed by atoms with Crippen molar-refractivity contribution in [2.75, 3.05) is 0 Å². The SMILES string of the molecule is CC1=C2N=C(C=C3NC(=Cc4[nH]c(c(CCC(=O)O)c4CC(=O)O)Cc4[nH]c1c(CC(=O)O)c4CCC(=O)O)C(CCC(=O)O)C3(C)CC(=O)O)C(CCC(=O)O)C2(C)CC(=O)O. The number of carboxylic acids is 8. The van der Waals surface area contributed by atoms with E-state index in [2.05, 4.69) is 15.3 Å². The van der Waals surface area contributed by atoms with Crippen LogP contribution in [0.4, 0.5) is 0 Å². The van der Waals surface area contributed by atoms with Crippen LogP contribution in [0.3, 0.4) is 0 Å². The maximum Gasteiger partial charge on any atom is 0.307 e. The average Bonchev–Trinajstić information content (AvgIpc) is 3.80. The van der Waals surface area contributed by atoms with E-state index in [0.29, 0.717) is 0 Å². The minimum Gasteiger partial charge on any atom is -0.481 e. The van der Waals surface area contributed by atoms with Crippen LogP contribution >= 0.6 is 0 Å². The number of aromatic nitrogens is 2. The number of aromatic amines is 2. The lowest BCUT2D eigenvalue weighted by Gasteiger charge is -2.33. The van der Waals surface area contributed by atoms with Crippen molar-refractivity contribution in [3.8, 4) is 0 Å². The van der Waals surface area contributed by atoms with Gasteiger partial charge in [0.2, 0.25) is 0 Å². The lowest BCUT2D eigenvalue weighted by molar-refractivity contribution is -0.141. The van der Waals surface area contributed by atoms with Gasteiger partial charge in [-0.05, 0) is 72.6 Å². The number of aliphatic carboxylic acids is 8. The molecule has 1 fully saturated rings. The lowest BCUT2D eigenvalue weighted by Crippen LogP contribution is -2.33. The van der Waals surface area contributed by atoms with Gasteiger partial charge in [-0.2, -0.15) is 0 Å². The van der Waals surface area contributed by atoms with Crippen molar-refractivity contribution in [1.82, 2.24) is 15.3 Å². The topological polar surface area (TPSA) is 354 Å². The Morgan fingerprint density at radius 1 is 0.603 bits per heavy atom. The number of H-pyrrole nitrogens is 2. The fraction of sp³-hybridized carbons (Fsp3) is 0.465. The van der Waals surface area contributed by atoms with E-state index in [9.17, 15) is 79.2 Å². The van der Waals surface area contributed by atoms with E-state index < -0.39 is 122 Å². The van der Waals surface area contributed by atoms with Gasteiger partial charge in [0.1, 0.15) is 0 Å². The lowest BCUT2D eigenvalue weighted by atomic mass is 9.68. The fourth-order valence-electron chi connectivity index (χ4n) is 9.66. The predicted octanol–water partition coefficient (Wildman–Crippen LogP) is 4.17. The number of nitrogens with one attached hydrogen (secondary N) is 3. The molecule has 11 N–H and O–H groups in total. The first-order valence-corrected chi connectivity index (χ1v) is 20.2. The Bertz CT molecular complexity index is 2410. The number of carboxylic acid groups (broad SMARTS) is 8. The van der Waals surface area contributed by atoms with Gasteiger partial charge in [0.15, 0.2) is 0 Å². The van der Waals surface area contributed by atoms with E-state index in [1.54, 1.807) is 20.8 Å². The van der Waals surface area contributed by atoms with Crippen LogP contribution in [0.25, 0.3) is 11.6 Å². The zero-order valence-electron chi connectivity index (χ0n) is 34.8. The first kappa shape index (κ1) is 47.1. The molecule has 2 aromatic heterocycles. The van der Waals surface area contributed by atoms with Crippen molar-refractivity contribution in [2.24, 2.45) is 27.7 Å². The molecule has 5 rings (SSSR count). The minimum atomic E-state index is -1.48. The number of aliphatic imine (C=N–C) groups is 1. The number of rotatable bonds is 20. The van der Waals surface area contributed by atoms with E-state index in [-0.39, 0.29) is 106 Å². The summed E-state index contributed by atoms with van der Waals surface area (Å²) in [7, 11) is 0. The van der Waals surface area contributed by atoms with E-state index in [1.165, 1.54) is 12.2 Å². The second-order valence-corrected chi connectivity index (χ2v) is 16.8. The summed E-state index contributed by atoms with van der Waals surface area (Å²) in [4.78, 5) is 110. The van der Waals surface area contributed by atoms with E-state index in [4.69, 9.17) is 4.99 Å². The number of hydrogen-bond donors (Lipinski definition) is 11. The molecule has 3 aliphatic heterocycles. The highest BCUT2D eigenvalue weighted by Gasteiger charge is 2.51. The highest BCUT2D eigenvalue weighted by molar-refractivity contribution is 6.03. The molecule has 0 aliphatic carbocycles. The minimum absolute atomic E-state index is 0.122. The van der Waals surface area contributed by atoms with Gasteiger partial charge in [0.25, 0.3) is 0 Å². The molecule has 20 nitrogen and oxygen atoms in total. The van der Waals surface area contributed by atoms with Gasteiger partial charge in [-0.25, -0.2) is 0 Å². The Kier molecular flexibility index (Phi) is 13.9. The molecule has 8 bridgehead atoms. The Balaban J connectivity index is 2.00. The maximum absolute atomic E-state index is 12.7. The van der Waals surface area contributed by atoms with Gasteiger partial charge in [0.05, 0.1) is 31.4 Å². The molecular weight excluding hydrogens is 828 g/mol. The van der Waals surface area contributed by atoms with Gasteiger partial charge in [0, 0.05) is 94.7 Å². The molecule has 0 amide bonds. The number of fused-ring (bicyclic) bond motifs is 7. The molecule has 0 radical (unpaired) electrons. The van der Waals surface area contributed by atoms with Crippen LogP contribution in [0, 0.1) is 22.7 Å². The molecular formula is C43H50N4O16. The van der Waals surface area contributed by atoms with Gasteiger partial charge in [-0.1, -0.05) is 13.8 Å². The van der Waals surface area contributed by atoms with Crippen molar-refractivity contribution in [3.05, 3.63) is 68.2 Å². The molecule has 2 aromatic rings. The monoisotopic (exact) mass is 878 g/mol. The zero-order chi connectivity index (χ0) is 46.7. The van der Waals surface area contributed by atoms with Crippen molar-refractivity contribution in [1.29, 1.82) is 0 Å². The van der Waals surface area contributed by atoms with Crippen LogP contribution in [0.5, 0.6) is 0 Å². The largest absolute Gasteiger partial charge is 0.481 e.